The first-order valence-electron chi connectivity index (χ1n) is 7.29. The molecule has 4 nitrogen and oxygen atoms in total. The summed E-state index contributed by atoms with van der Waals surface area (Å²) in [4.78, 5) is 15.1. The number of ether oxygens (including phenoxy) is 1. The number of benzene rings is 1. The zero-order valence-electron chi connectivity index (χ0n) is 13.0. The Kier molecular flexibility index (Phi) is 5.30. The van der Waals surface area contributed by atoms with Gasteiger partial charge in [-0.15, -0.1) is 0 Å². The van der Waals surface area contributed by atoms with Crippen molar-refractivity contribution in [2.45, 2.75) is 26.4 Å². The fourth-order valence-corrected chi connectivity index (χ4v) is 2.38. The van der Waals surface area contributed by atoms with Crippen molar-refractivity contribution >= 4 is 16.8 Å². The van der Waals surface area contributed by atoms with E-state index < -0.39 is 12.8 Å². The first kappa shape index (κ1) is 17.3. The minimum absolute atomic E-state index is 0.0508. The van der Waals surface area contributed by atoms with Gasteiger partial charge >= 0.3 is 6.18 Å². The molecule has 126 valence electrons. The molecule has 23 heavy (non-hydrogen) atoms. The summed E-state index contributed by atoms with van der Waals surface area (Å²) in [6, 6.07) is 5.78. The van der Waals surface area contributed by atoms with Crippen LogP contribution in [0.3, 0.4) is 0 Å². The molecule has 0 bridgehead atoms. The lowest BCUT2D eigenvalue weighted by Gasteiger charge is -2.07. The number of carbonyl (C=O) groups excluding carboxylic acids is 1. The van der Waals surface area contributed by atoms with Gasteiger partial charge in [0.2, 0.25) is 0 Å². The van der Waals surface area contributed by atoms with Gasteiger partial charge in [0.25, 0.3) is 5.91 Å². The van der Waals surface area contributed by atoms with E-state index in [0.717, 1.165) is 22.0 Å². The lowest BCUT2D eigenvalue weighted by atomic mass is 10.1. The lowest BCUT2D eigenvalue weighted by molar-refractivity contribution is -0.173. The molecule has 0 saturated carbocycles. The quantitative estimate of drug-likeness (QED) is 0.798. The summed E-state index contributed by atoms with van der Waals surface area (Å²) < 4.78 is 40.1. The zero-order valence-corrected chi connectivity index (χ0v) is 13.0. The molecule has 2 aromatic rings. The van der Waals surface area contributed by atoms with Crippen LogP contribution in [0.4, 0.5) is 13.2 Å². The van der Waals surface area contributed by atoms with Crippen LogP contribution in [0.1, 0.15) is 28.0 Å². The summed E-state index contributed by atoms with van der Waals surface area (Å²) in [5, 5.41) is 3.64. The average molecular weight is 328 g/mol. The van der Waals surface area contributed by atoms with Gasteiger partial charge < -0.3 is 15.0 Å². The highest BCUT2D eigenvalue weighted by Gasteiger charge is 2.27. The third-order valence-corrected chi connectivity index (χ3v) is 3.35. The van der Waals surface area contributed by atoms with Crippen LogP contribution in [-0.4, -0.2) is 36.8 Å². The highest BCUT2D eigenvalue weighted by atomic mass is 19.4. The van der Waals surface area contributed by atoms with E-state index in [1.165, 1.54) is 0 Å². The van der Waals surface area contributed by atoms with Crippen molar-refractivity contribution in [1.82, 2.24) is 10.3 Å². The van der Waals surface area contributed by atoms with Gasteiger partial charge in [-0.25, -0.2) is 0 Å². The molecule has 0 radical (unpaired) electrons. The van der Waals surface area contributed by atoms with Crippen LogP contribution < -0.4 is 5.32 Å². The molecule has 1 aromatic heterocycles. The lowest BCUT2D eigenvalue weighted by Crippen LogP contribution is -2.26. The largest absolute Gasteiger partial charge is 0.411 e. The molecule has 0 aliphatic rings. The van der Waals surface area contributed by atoms with E-state index in [4.69, 9.17) is 0 Å². The van der Waals surface area contributed by atoms with Crippen molar-refractivity contribution in [3.63, 3.8) is 0 Å². The van der Waals surface area contributed by atoms with Gasteiger partial charge in [-0.2, -0.15) is 13.2 Å². The van der Waals surface area contributed by atoms with Crippen molar-refractivity contribution in [2.75, 3.05) is 19.8 Å². The molecule has 7 heteroatoms. The first-order chi connectivity index (χ1) is 10.8. The number of aryl methyl sites for hydroxylation is 2. The maximum atomic E-state index is 12.0. The third kappa shape index (κ3) is 4.99. The molecule has 0 aliphatic heterocycles. The molecule has 0 atom stereocenters. The number of hydrogen-bond acceptors (Lipinski definition) is 2. The fourth-order valence-electron chi connectivity index (χ4n) is 2.38. The molecule has 0 aliphatic carbocycles. The predicted octanol–water partition coefficient (Wildman–Crippen LogP) is 3.48. The van der Waals surface area contributed by atoms with Crippen molar-refractivity contribution in [2.24, 2.45) is 0 Å². The number of aromatic nitrogens is 1. The molecular weight excluding hydrogens is 309 g/mol. The molecule has 0 saturated heterocycles. The van der Waals surface area contributed by atoms with Crippen LogP contribution >= 0.6 is 0 Å². The molecule has 2 rings (SSSR count). The van der Waals surface area contributed by atoms with Gasteiger partial charge in [0, 0.05) is 24.1 Å². The van der Waals surface area contributed by atoms with E-state index in [1.54, 1.807) is 6.07 Å². The van der Waals surface area contributed by atoms with Gasteiger partial charge in [-0.3, -0.25) is 4.79 Å². The maximum Gasteiger partial charge on any atom is 0.411 e. The van der Waals surface area contributed by atoms with E-state index in [-0.39, 0.29) is 19.1 Å². The number of H-pyrrole nitrogens is 1. The Morgan fingerprint density at radius 2 is 2.00 bits per heavy atom. The molecule has 0 spiro atoms. The zero-order chi connectivity index (χ0) is 17.0. The molecule has 0 unspecified atom stereocenters. The SMILES string of the molecule is Cc1cc(C)c2cc(C(=O)NCCCOCC(F)(F)F)[nH]c2c1. The molecular formula is C16H19F3N2O2. The predicted molar refractivity (Wildman–Crippen MR) is 81.6 cm³/mol. The Balaban J connectivity index is 1.83. The normalized spacial score (nSPS) is 11.9. The van der Waals surface area contributed by atoms with Gasteiger partial charge in [0.05, 0.1) is 0 Å². The summed E-state index contributed by atoms with van der Waals surface area (Å²) in [6.07, 6.45) is -4.00. The minimum atomic E-state index is -4.32. The Labute approximate surface area is 132 Å². The Morgan fingerprint density at radius 1 is 1.26 bits per heavy atom. The Morgan fingerprint density at radius 3 is 2.70 bits per heavy atom. The second-order valence-electron chi connectivity index (χ2n) is 5.50. The van der Waals surface area contributed by atoms with Crippen LogP contribution in [0.2, 0.25) is 0 Å². The summed E-state index contributed by atoms with van der Waals surface area (Å²) >= 11 is 0. The van der Waals surface area contributed by atoms with E-state index in [0.29, 0.717) is 12.1 Å². The smallest absolute Gasteiger partial charge is 0.372 e. The first-order valence-corrected chi connectivity index (χ1v) is 7.29. The molecule has 2 N–H and O–H groups in total. The second-order valence-corrected chi connectivity index (χ2v) is 5.50. The van der Waals surface area contributed by atoms with Crippen LogP contribution in [0, 0.1) is 13.8 Å². The Hall–Kier alpha value is -2.02. The van der Waals surface area contributed by atoms with Gasteiger partial charge in [0.1, 0.15) is 12.3 Å². The van der Waals surface area contributed by atoms with E-state index >= 15 is 0 Å². The molecule has 1 amide bonds. The van der Waals surface area contributed by atoms with Crippen molar-refractivity contribution in [1.29, 1.82) is 0 Å². The number of hydrogen-bond donors (Lipinski definition) is 2. The molecule has 0 fully saturated rings. The summed E-state index contributed by atoms with van der Waals surface area (Å²) in [7, 11) is 0. The van der Waals surface area contributed by atoms with Gasteiger partial charge in [-0.05, 0) is 43.5 Å². The summed E-state index contributed by atoms with van der Waals surface area (Å²) in [5.74, 6) is -0.283. The standard InChI is InChI=1S/C16H19F3N2O2/c1-10-6-11(2)12-8-14(21-13(12)7-10)15(22)20-4-3-5-23-9-16(17,18)19/h6-8,21H,3-5,9H2,1-2H3,(H,20,22). The van der Waals surface area contributed by atoms with Gasteiger partial charge in [-0.1, -0.05) is 6.07 Å². The van der Waals surface area contributed by atoms with Crippen molar-refractivity contribution < 1.29 is 22.7 Å². The van der Waals surface area contributed by atoms with Crippen LogP contribution in [-0.2, 0) is 4.74 Å². The Bertz CT molecular complexity index is 692. The van der Waals surface area contributed by atoms with Crippen LogP contribution in [0.15, 0.2) is 18.2 Å². The number of aromatic amines is 1. The second kappa shape index (κ2) is 7.04. The van der Waals surface area contributed by atoms with Crippen molar-refractivity contribution in [3.8, 4) is 0 Å². The van der Waals surface area contributed by atoms with Crippen LogP contribution in [0.25, 0.3) is 10.9 Å². The van der Waals surface area contributed by atoms with E-state index in [9.17, 15) is 18.0 Å². The number of amides is 1. The third-order valence-electron chi connectivity index (χ3n) is 3.35. The highest BCUT2D eigenvalue weighted by Crippen LogP contribution is 2.21. The number of nitrogens with one attached hydrogen (secondary N) is 2. The number of alkyl halides is 3. The van der Waals surface area contributed by atoms with Gasteiger partial charge in [0.15, 0.2) is 0 Å². The van der Waals surface area contributed by atoms with E-state index in [2.05, 4.69) is 15.0 Å². The summed E-state index contributed by atoms with van der Waals surface area (Å²) in [6.45, 7) is 2.90. The molecule has 1 heterocycles. The topological polar surface area (TPSA) is 54.1 Å². The minimum Gasteiger partial charge on any atom is -0.372 e. The number of fused-ring (bicyclic) bond motifs is 1. The monoisotopic (exact) mass is 328 g/mol. The van der Waals surface area contributed by atoms with Crippen molar-refractivity contribution in [3.05, 3.63) is 35.0 Å². The van der Waals surface area contributed by atoms with E-state index in [1.807, 2.05) is 26.0 Å². The number of halogens is 3. The van der Waals surface area contributed by atoms with Crippen LogP contribution in [0.5, 0.6) is 0 Å². The fraction of sp³-hybridized carbons (Fsp3) is 0.438. The summed E-state index contributed by atoms with van der Waals surface area (Å²) in [5.41, 5.74) is 3.51. The average Bonchev–Trinajstić information content (AvgIpc) is 2.85. The number of rotatable bonds is 6. The molecule has 1 aromatic carbocycles. The highest BCUT2D eigenvalue weighted by molar-refractivity contribution is 5.98. The number of carbonyl (C=O) groups is 1. The maximum absolute atomic E-state index is 12.0.